The molecule has 8 nitrogen and oxygen atoms in total. The van der Waals surface area contributed by atoms with Gasteiger partial charge in [0.05, 0.1) is 25.3 Å². The van der Waals surface area contributed by atoms with E-state index in [2.05, 4.69) is 15.3 Å². The topological polar surface area (TPSA) is 79.7 Å². The van der Waals surface area contributed by atoms with E-state index in [0.29, 0.717) is 13.1 Å². The average molecular weight is 465 g/mol. The van der Waals surface area contributed by atoms with Crippen LogP contribution in [0.4, 0.5) is 13.2 Å². The zero-order valence-electron chi connectivity index (χ0n) is 18.1. The molecule has 2 amide bonds. The number of amides is 2. The van der Waals surface area contributed by atoms with E-state index in [4.69, 9.17) is 4.74 Å². The van der Waals surface area contributed by atoms with Crippen molar-refractivity contribution in [1.82, 2.24) is 24.9 Å². The number of carbonyl (C=O) groups is 2. The van der Waals surface area contributed by atoms with Crippen LogP contribution in [0.2, 0.25) is 0 Å². The zero-order valence-corrected chi connectivity index (χ0v) is 18.1. The fraction of sp³-hybridized carbons (Fsp3) is 0.500. The SMILES string of the molecule is O=C(NCCCN1CCOCC1)c1cc2n(n1)CCN(Cc1ccccc1C(F)(F)F)C2=O. The van der Waals surface area contributed by atoms with E-state index < -0.39 is 17.6 Å². The van der Waals surface area contributed by atoms with Gasteiger partial charge in [-0.05, 0) is 24.6 Å². The molecule has 2 aliphatic heterocycles. The fourth-order valence-corrected chi connectivity index (χ4v) is 4.06. The molecule has 2 aliphatic rings. The maximum atomic E-state index is 13.3. The second-order valence-corrected chi connectivity index (χ2v) is 8.08. The molecule has 0 bridgehead atoms. The highest BCUT2D eigenvalue weighted by Gasteiger charge is 2.35. The predicted molar refractivity (Wildman–Crippen MR) is 113 cm³/mol. The van der Waals surface area contributed by atoms with E-state index in [1.165, 1.54) is 33.8 Å². The van der Waals surface area contributed by atoms with Gasteiger partial charge >= 0.3 is 6.18 Å². The molecule has 0 atom stereocenters. The summed E-state index contributed by atoms with van der Waals surface area (Å²) in [5, 5.41) is 7.03. The number of hydrogen-bond acceptors (Lipinski definition) is 5. The minimum Gasteiger partial charge on any atom is -0.379 e. The van der Waals surface area contributed by atoms with Crippen molar-refractivity contribution in [3.63, 3.8) is 0 Å². The molecule has 2 aromatic rings. The summed E-state index contributed by atoms with van der Waals surface area (Å²) in [6, 6.07) is 6.63. The van der Waals surface area contributed by atoms with Crippen molar-refractivity contribution < 1.29 is 27.5 Å². The molecule has 178 valence electrons. The lowest BCUT2D eigenvalue weighted by Gasteiger charge is -2.28. The highest BCUT2D eigenvalue weighted by molar-refractivity contribution is 5.98. The van der Waals surface area contributed by atoms with Crippen LogP contribution in [-0.4, -0.2) is 77.3 Å². The molecule has 0 radical (unpaired) electrons. The Morgan fingerprint density at radius 3 is 2.64 bits per heavy atom. The number of carbonyl (C=O) groups excluding carboxylic acids is 2. The molecule has 1 fully saturated rings. The largest absolute Gasteiger partial charge is 0.416 e. The molecule has 1 aromatic heterocycles. The van der Waals surface area contributed by atoms with Crippen LogP contribution >= 0.6 is 0 Å². The maximum absolute atomic E-state index is 13.3. The molecule has 0 unspecified atom stereocenters. The number of halogens is 3. The minimum atomic E-state index is -4.50. The summed E-state index contributed by atoms with van der Waals surface area (Å²) in [7, 11) is 0. The molecular weight excluding hydrogens is 439 g/mol. The van der Waals surface area contributed by atoms with Gasteiger partial charge in [-0.2, -0.15) is 18.3 Å². The lowest BCUT2D eigenvalue weighted by Crippen LogP contribution is -2.40. The number of morpholine rings is 1. The Labute approximate surface area is 189 Å². The second kappa shape index (κ2) is 9.92. The molecule has 0 aliphatic carbocycles. The van der Waals surface area contributed by atoms with Crippen molar-refractivity contribution in [1.29, 1.82) is 0 Å². The van der Waals surface area contributed by atoms with Gasteiger partial charge in [-0.15, -0.1) is 0 Å². The fourth-order valence-electron chi connectivity index (χ4n) is 4.06. The lowest BCUT2D eigenvalue weighted by atomic mass is 10.1. The van der Waals surface area contributed by atoms with Crippen LogP contribution in [0.15, 0.2) is 30.3 Å². The molecular formula is C22H26F3N5O3. The van der Waals surface area contributed by atoms with Crippen LogP contribution < -0.4 is 5.32 Å². The van der Waals surface area contributed by atoms with Gasteiger partial charge in [0.1, 0.15) is 5.69 Å². The number of fused-ring (bicyclic) bond motifs is 1. The first-order chi connectivity index (χ1) is 15.8. The third-order valence-corrected chi connectivity index (χ3v) is 5.83. The summed E-state index contributed by atoms with van der Waals surface area (Å²) in [4.78, 5) is 29.0. The number of nitrogens with zero attached hydrogens (tertiary/aromatic N) is 4. The Morgan fingerprint density at radius 1 is 1.12 bits per heavy atom. The number of aromatic nitrogens is 2. The Hall–Kier alpha value is -2.92. The second-order valence-electron chi connectivity index (χ2n) is 8.08. The molecule has 4 rings (SSSR count). The van der Waals surface area contributed by atoms with Crippen molar-refractivity contribution in [3.05, 3.63) is 52.8 Å². The summed E-state index contributed by atoms with van der Waals surface area (Å²) in [5.41, 5.74) is -0.398. The van der Waals surface area contributed by atoms with Gasteiger partial charge in [0, 0.05) is 38.8 Å². The molecule has 33 heavy (non-hydrogen) atoms. The summed E-state index contributed by atoms with van der Waals surface area (Å²) in [6.45, 7) is 4.89. The average Bonchev–Trinajstić information content (AvgIpc) is 3.24. The monoisotopic (exact) mass is 465 g/mol. The van der Waals surface area contributed by atoms with Crippen molar-refractivity contribution in [3.8, 4) is 0 Å². The normalized spacial score (nSPS) is 17.2. The van der Waals surface area contributed by atoms with Gasteiger partial charge in [-0.25, -0.2) is 0 Å². The summed E-state index contributed by atoms with van der Waals surface area (Å²) in [5.74, 6) is -0.822. The predicted octanol–water partition coefficient (Wildman–Crippen LogP) is 2.01. The number of hydrogen-bond donors (Lipinski definition) is 1. The van der Waals surface area contributed by atoms with Crippen LogP contribution in [0.1, 0.15) is 38.5 Å². The zero-order chi connectivity index (χ0) is 23.4. The number of ether oxygens (including phenoxy) is 1. The van der Waals surface area contributed by atoms with Crippen LogP contribution in [0.5, 0.6) is 0 Å². The Balaban J connectivity index is 1.35. The van der Waals surface area contributed by atoms with E-state index in [1.807, 2.05) is 0 Å². The third-order valence-electron chi connectivity index (χ3n) is 5.83. The van der Waals surface area contributed by atoms with E-state index >= 15 is 0 Å². The molecule has 1 N–H and O–H groups in total. The molecule has 1 aromatic carbocycles. The van der Waals surface area contributed by atoms with E-state index in [9.17, 15) is 22.8 Å². The van der Waals surface area contributed by atoms with E-state index in [-0.39, 0.29) is 35.9 Å². The molecule has 1 saturated heterocycles. The van der Waals surface area contributed by atoms with Crippen molar-refractivity contribution in [2.24, 2.45) is 0 Å². The third kappa shape index (κ3) is 5.53. The first-order valence-corrected chi connectivity index (χ1v) is 10.9. The highest BCUT2D eigenvalue weighted by Crippen LogP contribution is 2.32. The van der Waals surface area contributed by atoms with Crippen molar-refractivity contribution in [2.45, 2.75) is 25.7 Å². The lowest BCUT2D eigenvalue weighted by molar-refractivity contribution is -0.138. The Bertz CT molecular complexity index is 1000. The van der Waals surface area contributed by atoms with Crippen LogP contribution in [0.3, 0.4) is 0 Å². The van der Waals surface area contributed by atoms with Crippen molar-refractivity contribution in [2.75, 3.05) is 45.9 Å². The highest BCUT2D eigenvalue weighted by atomic mass is 19.4. The van der Waals surface area contributed by atoms with Gasteiger partial charge in [-0.3, -0.25) is 19.2 Å². The molecule has 3 heterocycles. The van der Waals surface area contributed by atoms with Crippen molar-refractivity contribution >= 4 is 11.8 Å². The van der Waals surface area contributed by atoms with Crippen LogP contribution in [0, 0.1) is 0 Å². The first-order valence-electron chi connectivity index (χ1n) is 10.9. The maximum Gasteiger partial charge on any atom is 0.416 e. The number of rotatable bonds is 7. The van der Waals surface area contributed by atoms with Gasteiger partial charge in [-0.1, -0.05) is 18.2 Å². The summed E-state index contributed by atoms with van der Waals surface area (Å²) < 4.78 is 46.6. The van der Waals surface area contributed by atoms with E-state index in [0.717, 1.165) is 45.3 Å². The quantitative estimate of drug-likeness (QED) is 0.633. The Morgan fingerprint density at radius 2 is 1.88 bits per heavy atom. The first kappa shape index (κ1) is 23.2. The van der Waals surface area contributed by atoms with Crippen LogP contribution in [0.25, 0.3) is 0 Å². The van der Waals surface area contributed by atoms with Crippen LogP contribution in [-0.2, 0) is 24.0 Å². The summed E-state index contributed by atoms with van der Waals surface area (Å²) in [6.07, 6.45) is -3.71. The number of nitrogens with one attached hydrogen (secondary N) is 1. The van der Waals surface area contributed by atoms with Gasteiger partial charge in [0.25, 0.3) is 11.8 Å². The molecule has 0 spiro atoms. The Kier molecular flexibility index (Phi) is 6.99. The van der Waals surface area contributed by atoms with E-state index in [1.54, 1.807) is 0 Å². The molecule has 11 heteroatoms. The number of alkyl halides is 3. The van der Waals surface area contributed by atoms with Gasteiger partial charge < -0.3 is 15.0 Å². The van der Waals surface area contributed by atoms with Gasteiger partial charge in [0.15, 0.2) is 5.69 Å². The molecule has 0 saturated carbocycles. The smallest absolute Gasteiger partial charge is 0.379 e. The number of benzene rings is 1. The summed E-state index contributed by atoms with van der Waals surface area (Å²) >= 11 is 0. The standard InChI is InChI=1S/C22H26F3N5O3/c23-22(24,25)17-5-2-1-4-16(17)15-29-8-9-30-19(21(29)32)14-18(27-30)20(31)26-6-3-7-28-10-12-33-13-11-28/h1-2,4-5,14H,3,6-13,15H2,(H,26,31). The minimum absolute atomic E-state index is 0.0320. The van der Waals surface area contributed by atoms with Gasteiger partial charge in [0.2, 0.25) is 0 Å².